The van der Waals surface area contributed by atoms with Crippen molar-refractivity contribution in [3.8, 4) is 11.5 Å². The standard InChI is InChI=1S/C13H14N4O3S/c1-15-13-17-11(14)10(21-13)12(18)16-7-2-3-8-9(6-7)20-5-4-19-8/h2-3,6H,4-5,14H2,1H3,(H,15,17)(H,16,18). The van der Waals surface area contributed by atoms with Gasteiger partial charge in [0.1, 0.15) is 23.9 Å². The molecule has 0 saturated carbocycles. The van der Waals surface area contributed by atoms with E-state index in [9.17, 15) is 4.79 Å². The van der Waals surface area contributed by atoms with Gasteiger partial charge in [0.05, 0.1) is 0 Å². The second-order valence-corrected chi connectivity index (χ2v) is 5.30. The molecule has 110 valence electrons. The van der Waals surface area contributed by atoms with Gasteiger partial charge >= 0.3 is 0 Å². The first kappa shape index (κ1) is 13.5. The zero-order chi connectivity index (χ0) is 14.8. The molecule has 8 heteroatoms. The molecule has 1 aliphatic heterocycles. The molecular formula is C13H14N4O3S. The summed E-state index contributed by atoms with van der Waals surface area (Å²) in [5.74, 6) is 1.20. The summed E-state index contributed by atoms with van der Waals surface area (Å²) in [6.45, 7) is 1.03. The number of nitrogen functional groups attached to an aromatic ring is 1. The SMILES string of the molecule is CNc1nc(N)c(C(=O)Nc2ccc3c(c2)OCCO3)s1. The van der Waals surface area contributed by atoms with Crippen LogP contribution in [0.5, 0.6) is 11.5 Å². The van der Waals surface area contributed by atoms with E-state index in [0.29, 0.717) is 40.4 Å². The lowest BCUT2D eigenvalue weighted by Crippen LogP contribution is -2.16. The lowest BCUT2D eigenvalue weighted by Gasteiger charge is -2.18. The Morgan fingerprint density at radius 3 is 2.81 bits per heavy atom. The summed E-state index contributed by atoms with van der Waals surface area (Å²) in [5, 5.41) is 6.23. The normalized spacial score (nSPS) is 12.8. The molecule has 7 nitrogen and oxygen atoms in total. The highest BCUT2D eigenvalue weighted by molar-refractivity contribution is 7.18. The number of nitrogens with two attached hydrogens (primary N) is 1. The van der Waals surface area contributed by atoms with E-state index in [4.69, 9.17) is 15.2 Å². The predicted molar refractivity (Wildman–Crippen MR) is 81.5 cm³/mol. The smallest absolute Gasteiger partial charge is 0.269 e. The fraction of sp³-hybridized carbons (Fsp3) is 0.231. The van der Waals surface area contributed by atoms with Gasteiger partial charge in [-0.05, 0) is 12.1 Å². The van der Waals surface area contributed by atoms with E-state index >= 15 is 0 Å². The molecule has 3 rings (SSSR count). The van der Waals surface area contributed by atoms with Crippen molar-refractivity contribution in [2.45, 2.75) is 0 Å². The summed E-state index contributed by atoms with van der Waals surface area (Å²) in [5.41, 5.74) is 6.35. The summed E-state index contributed by atoms with van der Waals surface area (Å²) >= 11 is 1.20. The molecule has 0 unspecified atom stereocenters. The number of fused-ring (bicyclic) bond motifs is 1. The van der Waals surface area contributed by atoms with Crippen LogP contribution in [-0.4, -0.2) is 31.2 Å². The minimum absolute atomic E-state index is 0.208. The zero-order valence-electron chi connectivity index (χ0n) is 11.3. The van der Waals surface area contributed by atoms with Gasteiger partial charge in [0.2, 0.25) is 0 Å². The number of nitrogens with zero attached hydrogens (tertiary/aromatic N) is 1. The third-order valence-electron chi connectivity index (χ3n) is 2.87. The Bertz CT molecular complexity index is 686. The van der Waals surface area contributed by atoms with Crippen LogP contribution in [0.25, 0.3) is 0 Å². The van der Waals surface area contributed by atoms with Crippen molar-refractivity contribution in [2.75, 3.05) is 36.6 Å². The van der Waals surface area contributed by atoms with Gasteiger partial charge in [-0.1, -0.05) is 11.3 Å². The van der Waals surface area contributed by atoms with Gasteiger partial charge in [0.15, 0.2) is 16.6 Å². The van der Waals surface area contributed by atoms with Crippen molar-refractivity contribution in [3.05, 3.63) is 23.1 Å². The van der Waals surface area contributed by atoms with Crippen molar-refractivity contribution in [1.82, 2.24) is 4.98 Å². The van der Waals surface area contributed by atoms with Crippen LogP contribution in [0.4, 0.5) is 16.6 Å². The second kappa shape index (κ2) is 5.49. The molecular weight excluding hydrogens is 292 g/mol. The highest BCUT2D eigenvalue weighted by Gasteiger charge is 2.17. The fourth-order valence-electron chi connectivity index (χ4n) is 1.91. The number of rotatable bonds is 3. The van der Waals surface area contributed by atoms with Crippen LogP contribution in [0.2, 0.25) is 0 Å². The molecule has 0 fully saturated rings. The van der Waals surface area contributed by atoms with Crippen LogP contribution in [0.3, 0.4) is 0 Å². The molecule has 4 N–H and O–H groups in total. The van der Waals surface area contributed by atoms with Crippen molar-refractivity contribution in [1.29, 1.82) is 0 Å². The van der Waals surface area contributed by atoms with Gasteiger partial charge < -0.3 is 25.8 Å². The first-order valence-electron chi connectivity index (χ1n) is 6.32. The van der Waals surface area contributed by atoms with E-state index < -0.39 is 0 Å². The maximum atomic E-state index is 12.2. The third-order valence-corrected chi connectivity index (χ3v) is 3.96. The Morgan fingerprint density at radius 1 is 1.33 bits per heavy atom. The van der Waals surface area contributed by atoms with Gasteiger partial charge in [0.25, 0.3) is 5.91 Å². The number of carbonyl (C=O) groups is 1. The van der Waals surface area contributed by atoms with Gasteiger partial charge in [-0.3, -0.25) is 4.79 Å². The first-order valence-corrected chi connectivity index (χ1v) is 7.14. The summed E-state index contributed by atoms with van der Waals surface area (Å²) in [7, 11) is 1.72. The van der Waals surface area contributed by atoms with E-state index in [2.05, 4.69) is 15.6 Å². The number of benzene rings is 1. The number of nitrogens with one attached hydrogen (secondary N) is 2. The Hall–Kier alpha value is -2.48. The molecule has 21 heavy (non-hydrogen) atoms. The average Bonchev–Trinajstić information content (AvgIpc) is 2.88. The number of hydrogen-bond acceptors (Lipinski definition) is 7. The number of aromatic nitrogens is 1. The number of ether oxygens (including phenoxy) is 2. The number of anilines is 3. The summed E-state index contributed by atoms with van der Waals surface area (Å²) in [6.07, 6.45) is 0. The van der Waals surface area contributed by atoms with Gasteiger partial charge in [-0.15, -0.1) is 0 Å². The van der Waals surface area contributed by atoms with Crippen molar-refractivity contribution < 1.29 is 14.3 Å². The van der Waals surface area contributed by atoms with E-state index in [-0.39, 0.29) is 11.7 Å². The third kappa shape index (κ3) is 2.70. The zero-order valence-corrected chi connectivity index (χ0v) is 12.1. The maximum absolute atomic E-state index is 12.2. The largest absolute Gasteiger partial charge is 0.486 e. The molecule has 1 aromatic carbocycles. The molecule has 0 atom stereocenters. The van der Waals surface area contributed by atoms with Crippen molar-refractivity contribution >= 4 is 33.9 Å². The Kier molecular flexibility index (Phi) is 3.53. The fourth-order valence-corrected chi connectivity index (χ4v) is 2.64. The minimum Gasteiger partial charge on any atom is -0.486 e. The lowest BCUT2D eigenvalue weighted by molar-refractivity contribution is 0.103. The molecule has 1 aliphatic rings. The van der Waals surface area contributed by atoms with Crippen LogP contribution in [0.1, 0.15) is 9.67 Å². The minimum atomic E-state index is -0.303. The molecule has 0 saturated heterocycles. The Labute approximate surface area is 125 Å². The van der Waals surface area contributed by atoms with Gasteiger partial charge in [-0.2, -0.15) is 0 Å². The van der Waals surface area contributed by atoms with Crippen LogP contribution in [-0.2, 0) is 0 Å². The summed E-state index contributed by atoms with van der Waals surface area (Å²) in [6, 6.07) is 5.24. The maximum Gasteiger partial charge on any atom is 0.269 e. The van der Waals surface area contributed by atoms with Crippen molar-refractivity contribution in [2.24, 2.45) is 0 Å². The van der Waals surface area contributed by atoms with E-state index in [1.54, 1.807) is 25.2 Å². The topological polar surface area (TPSA) is 98.5 Å². The average molecular weight is 306 g/mol. The molecule has 0 aliphatic carbocycles. The van der Waals surface area contributed by atoms with Gasteiger partial charge in [0, 0.05) is 18.8 Å². The highest BCUT2D eigenvalue weighted by atomic mass is 32.1. The first-order chi connectivity index (χ1) is 10.2. The van der Waals surface area contributed by atoms with E-state index in [1.165, 1.54) is 11.3 Å². The number of carbonyl (C=O) groups excluding carboxylic acids is 1. The molecule has 0 spiro atoms. The number of amides is 1. The van der Waals surface area contributed by atoms with Crippen LogP contribution in [0.15, 0.2) is 18.2 Å². The highest BCUT2D eigenvalue weighted by Crippen LogP contribution is 2.33. The molecule has 2 heterocycles. The molecule has 0 radical (unpaired) electrons. The Balaban J connectivity index is 1.79. The van der Waals surface area contributed by atoms with Gasteiger partial charge in [-0.25, -0.2) is 4.98 Å². The molecule has 0 bridgehead atoms. The molecule has 2 aromatic rings. The van der Waals surface area contributed by atoms with E-state index in [1.807, 2.05) is 0 Å². The monoisotopic (exact) mass is 306 g/mol. The van der Waals surface area contributed by atoms with E-state index in [0.717, 1.165) is 0 Å². The second-order valence-electron chi connectivity index (χ2n) is 4.30. The number of thiazole rings is 1. The van der Waals surface area contributed by atoms with Crippen molar-refractivity contribution in [3.63, 3.8) is 0 Å². The summed E-state index contributed by atoms with van der Waals surface area (Å²) < 4.78 is 10.9. The van der Waals surface area contributed by atoms with Crippen LogP contribution >= 0.6 is 11.3 Å². The van der Waals surface area contributed by atoms with Crippen LogP contribution in [0, 0.1) is 0 Å². The molecule has 1 aromatic heterocycles. The molecule has 1 amide bonds. The predicted octanol–water partition coefficient (Wildman–Crippen LogP) is 1.79. The lowest BCUT2D eigenvalue weighted by atomic mass is 10.2. The quantitative estimate of drug-likeness (QED) is 0.799. The summed E-state index contributed by atoms with van der Waals surface area (Å²) in [4.78, 5) is 16.6. The number of hydrogen-bond donors (Lipinski definition) is 3. The van der Waals surface area contributed by atoms with Crippen LogP contribution < -0.4 is 25.8 Å². The Morgan fingerprint density at radius 2 is 2.10 bits per heavy atom.